The maximum atomic E-state index is 12.4. The number of rotatable bonds is 6. The average Bonchev–Trinajstić information content (AvgIpc) is 2.95. The number of thioether (sulfide) groups is 1. The van der Waals surface area contributed by atoms with Crippen molar-refractivity contribution < 1.29 is 14.3 Å². The minimum atomic E-state index is -0.262. The van der Waals surface area contributed by atoms with Crippen LogP contribution in [0.5, 0.6) is 5.75 Å². The van der Waals surface area contributed by atoms with E-state index >= 15 is 0 Å². The van der Waals surface area contributed by atoms with Gasteiger partial charge in [-0.1, -0.05) is 25.1 Å². The van der Waals surface area contributed by atoms with Crippen molar-refractivity contribution in [2.24, 2.45) is 0 Å². The molecule has 0 saturated carbocycles. The van der Waals surface area contributed by atoms with E-state index in [0.29, 0.717) is 31.7 Å². The van der Waals surface area contributed by atoms with Gasteiger partial charge in [-0.25, -0.2) is 0 Å². The van der Waals surface area contributed by atoms with Crippen LogP contribution in [0.4, 0.5) is 4.79 Å². The summed E-state index contributed by atoms with van der Waals surface area (Å²) in [5.41, 5.74) is 2.12. The summed E-state index contributed by atoms with van der Waals surface area (Å²) < 4.78 is 7.30. The van der Waals surface area contributed by atoms with Crippen LogP contribution in [-0.4, -0.2) is 22.6 Å². The molecule has 0 aliphatic carbocycles. The summed E-state index contributed by atoms with van der Waals surface area (Å²) in [5.74, 6) is 0.330. The van der Waals surface area contributed by atoms with E-state index in [4.69, 9.17) is 4.74 Å². The van der Waals surface area contributed by atoms with Gasteiger partial charge in [-0.3, -0.25) is 14.5 Å². The molecule has 0 spiro atoms. The highest BCUT2D eigenvalue weighted by Gasteiger charge is 2.34. The van der Waals surface area contributed by atoms with Crippen LogP contribution < -0.4 is 4.74 Å². The number of carbonyl (C=O) groups is 2. The molecule has 3 rings (SSSR count). The first kappa shape index (κ1) is 21.6. The largest absolute Gasteiger partial charge is 0.486 e. The molecule has 0 aromatic heterocycles. The molecule has 2 aromatic carbocycles. The number of nitrogens with zero attached hydrogens (tertiary/aromatic N) is 2. The summed E-state index contributed by atoms with van der Waals surface area (Å²) in [6.07, 6.45) is 2.42. The summed E-state index contributed by atoms with van der Waals surface area (Å²) >= 11 is 7.95. The molecule has 1 aliphatic heterocycles. The molecule has 0 radical (unpaired) electrons. The van der Waals surface area contributed by atoms with Crippen LogP contribution in [-0.2, 0) is 11.4 Å². The van der Waals surface area contributed by atoms with Crippen molar-refractivity contribution in [2.45, 2.75) is 20.0 Å². The van der Waals surface area contributed by atoms with Crippen LogP contribution in [0.25, 0.3) is 6.08 Å². The van der Waals surface area contributed by atoms with Gasteiger partial charge in [-0.15, -0.1) is 0 Å². The Morgan fingerprint density at radius 2 is 1.90 bits per heavy atom. The number of hydrogen-bond acceptors (Lipinski definition) is 5. The lowest BCUT2D eigenvalue weighted by atomic mass is 10.1. The number of ether oxygens (including phenoxy) is 1. The van der Waals surface area contributed by atoms with E-state index in [0.717, 1.165) is 29.3 Å². The van der Waals surface area contributed by atoms with E-state index in [9.17, 15) is 14.9 Å². The molecule has 2 aromatic rings. The smallest absolute Gasteiger partial charge is 0.293 e. The van der Waals surface area contributed by atoms with Gasteiger partial charge in [-0.05, 0) is 79.9 Å². The lowest BCUT2D eigenvalue weighted by molar-refractivity contribution is -0.122. The van der Waals surface area contributed by atoms with E-state index in [1.807, 2.05) is 37.3 Å². The van der Waals surface area contributed by atoms with Crippen molar-refractivity contribution in [3.63, 3.8) is 0 Å². The second-order valence-corrected chi connectivity index (χ2v) is 8.91. The van der Waals surface area contributed by atoms with Crippen LogP contribution in [0, 0.1) is 11.3 Å². The average molecular weight is 536 g/mol. The van der Waals surface area contributed by atoms with Gasteiger partial charge in [0.05, 0.1) is 25.5 Å². The van der Waals surface area contributed by atoms with E-state index < -0.39 is 0 Å². The Labute approximate surface area is 190 Å². The van der Waals surface area contributed by atoms with Crippen LogP contribution in [0.15, 0.2) is 50.2 Å². The minimum absolute atomic E-state index is 0.239. The summed E-state index contributed by atoms with van der Waals surface area (Å²) in [5, 5.41) is 8.96. The van der Waals surface area contributed by atoms with E-state index in [1.54, 1.807) is 12.1 Å². The molecule has 0 N–H and O–H groups in total. The van der Waals surface area contributed by atoms with Gasteiger partial charge in [0.15, 0.2) is 0 Å². The molecule has 0 bridgehead atoms. The van der Waals surface area contributed by atoms with Crippen molar-refractivity contribution in [1.29, 1.82) is 5.26 Å². The molecule has 1 heterocycles. The molecule has 5 nitrogen and oxygen atoms in total. The standard InChI is InChI=1S/C21H16Br2N2O3S/c1-2-7-25-20(26)18(29-21(25)27)10-13-8-16(22)19(17(23)9-13)28-12-15-6-4-3-5-14(15)11-24/h3-6,8-10H,2,7,12H2,1H3/b18-10+. The highest BCUT2D eigenvalue weighted by Crippen LogP contribution is 2.38. The quantitative estimate of drug-likeness (QED) is 0.417. The first-order valence-electron chi connectivity index (χ1n) is 8.79. The molecule has 29 heavy (non-hydrogen) atoms. The SMILES string of the molecule is CCCN1C(=O)S/C(=C/c2cc(Br)c(OCc3ccccc3C#N)c(Br)c2)C1=O. The van der Waals surface area contributed by atoms with Gasteiger partial charge in [0, 0.05) is 12.1 Å². The minimum Gasteiger partial charge on any atom is -0.486 e. The van der Waals surface area contributed by atoms with Crippen LogP contribution in [0.3, 0.4) is 0 Å². The normalized spacial score (nSPS) is 15.1. The summed E-state index contributed by atoms with van der Waals surface area (Å²) in [7, 11) is 0. The van der Waals surface area contributed by atoms with Crippen LogP contribution in [0.1, 0.15) is 30.0 Å². The molecule has 0 atom stereocenters. The second kappa shape index (κ2) is 9.61. The van der Waals surface area contributed by atoms with Crippen molar-refractivity contribution >= 4 is 60.8 Å². The fraction of sp³-hybridized carbons (Fsp3) is 0.190. The molecule has 1 saturated heterocycles. The molecule has 1 aliphatic rings. The van der Waals surface area contributed by atoms with Crippen molar-refractivity contribution in [3.8, 4) is 11.8 Å². The third-order valence-corrected chi connectivity index (χ3v) is 6.23. The fourth-order valence-electron chi connectivity index (χ4n) is 2.77. The zero-order chi connectivity index (χ0) is 21.0. The topological polar surface area (TPSA) is 70.4 Å². The Bertz CT molecular complexity index is 1020. The van der Waals surface area contributed by atoms with Crippen molar-refractivity contribution in [2.75, 3.05) is 6.54 Å². The Hall–Kier alpha value is -2.08. The highest BCUT2D eigenvalue weighted by atomic mass is 79.9. The van der Waals surface area contributed by atoms with Crippen molar-refractivity contribution in [1.82, 2.24) is 4.90 Å². The number of nitriles is 1. The molecule has 0 unspecified atom stereocenters. The molecular weight excluding hydrogens is 520 g/mol. The summed E-state index contributed by atoms with van der Waals surface area (Å²) in [4.78, 5) is 26.1. The Morgan fingerprint density at radius 3 is 2.55 bits per heavy atom. The Kier molecular flexibility index (Phi) is 7.17. The molecule has 2 amide bonds. The molecule has 1 fully saturated rings. The maximum Gasteiger partial charge on any atom is 0.293 e. The number of hydrogen-bond donors (Lipinski definition) is 0. The Balaban J connectivity index is 1.80. The predicted molar refractivity (Wildman–Crippen MR) is 120 cm³/mol. The van der Waals surface area contributed by atoms with Crippen LogP contribution in [0.2, 0.25) is 0 Å². The fourth-order valence-corrected chi connectivity index (χ4v) is 5.09. The number of amides is 2. The number of halogens is 2. The molecule has 148 valence electrons. The zero-order valence-electron chi connectivity index (χ0n) is 15.4. The molecule has 8 heteroatoms. The van der Waals surface area contributed by atoms with Gasteiger partial charge in [0.1, 0.15) is 12.4 Å². The lowest BCUT2D eigenvalue weighted by Crippen LogP contribution is -2.28. The third kappa shape index (κ3) is 4.92. The molecular formula is C21H16Br2N2O3S. The van der Waals surface area contributed by atoms with E-state index in [2.05, 4.69) is 37.9 Å². The van der Waals surface area contributed by atoms with Gasteiger partial charge >= 0.3 is 0 Å². The van der Waals surface area contributed by atoms with Gasteiger partial charge < -0.3 is 4.74 Å². The van der Waals surface area contributed by atoms with Gasteiger partial charge in [0.25, 0.3) is 11.1 Å². The van der Waals surface area contributed by atoms with E-state index in [-0.39, 0.29) is 17.8 Å². The second-order valence-electron chi connectivity index (χ2n) is 6.20. The van der Waals surface area contributed by atoms with Crippen molar-refractivity contribution in [3.05, 3.63) is 66.9 Å². The summed E-state index contributed by atoms with van der Waals surface area (Å²) in [6.45, 7) is 2.59. The Morgan fingerprint density at radius 1 is 1.21 bits per heavy atom. The zero-order valence-corrected chi connectivity index (χ0v) is 19.4. The lowest BCUT2D eigenvalue weighted by Gasteiger charge is -2.12. The predicted octanol–water partition coefficient (Wildman–Crippen LogP) is 6.11. The highest BCUT2D eigenvalue weighted by molar-refractivity contribution is 9.11. The van der Waals surface area contributed by atoms with Gasteiger partial charge in [-0.2, -0.15) is 5.26 Å². The number of carbonyl (C=O) groups excluding carboxylic acids is 2. The monoisotopic (exact) mass is 534 g/mol. The van der Waals surface area contributed by atoms with Gasteiger partial charge in [0.2, 0.25) is 0 Å². The summed E-state index contributed by atoms with van der Waals surface area (Å²) in [6, 6.07) is 13.1. The first-order chi connectivity index (χ1) is 13.9. The first-order valence-corrected chi connectivity index (χ1v) is 11.2. The van der Waals surface area contributed by atoms with Crippen LogP contribution >= 0.6 is 43.6 Å². The number of imide groups is 1. The third-order valence-electron chi connectivity index (χ3n) is 4.15. The number of benzene rings is 2. The van der Waals surface area contributed by atoms with E-state index in [1.165, 1.54) is 4.90 Å². The maximum absolute atomic E-state index is 12.4.